The number of cyclic esters (lactones) is 1. The minimum Gasteiger partial charge on any atom is -0.477 e. The lowest BCUT2D eigenvalue weighted by molar-refractivity contribution is -0.113. The number of carbonyl (C=O) groups excluding carboxylic acids is 2. The van der Waals surface area contributed by atoms with E-state index in [0.717, 1.165) is 6.29 Å². The van der Waals surface area contributed by atoms with E-state index in [2.05, 4.69) is 10.3 Å². The zero-order valence-electron chi connectivity index (χ0n) is 10.6. The molecule has 3 N–H and O–H groups in total. The maximum atomic E-state index is 11.7. The van der Waals surface area contributed by atoms with Crippen LogP contribution in [0.4, 0.5) is 16.4 Å². The fourth-order valence-electron chi connectivity index (χ4n) is 2.12. The molecule has 1 saturated heterocycles. The van der Waals surface area contributed by atoms with Crippen molar-refractivity contribution in [3.05, 3.63) is 12.1 Å². The first-order chi connectivity index (χ1) is 9.71. The Hall–Kier alpha value is -2.35. The maximum Gasteiger partial charge on any atom is 0.416 e. The van der Waals surface area contributed by atoms with E-state index in [1.165, 1.54) is 4.90 Å². The highest BCUT2D eigenvalue weighted by Gasteiger charge is 2.33. The van der Waals surface area contributed by atoms with Gasteiger partial charge in [-0.3, -0.25) is 9.69 Å². The second kappa shape index (κ2) is 4.97. The molecule has 0 aromatic carbocycles. The third-order valence-electron chi connectivity index (χ3n) is 3.16. The molecule has 0 bridgehead atoms. The molecule has 1 aromatic rings. The summed E-state index contributed by atoms with van der Waals surface area (Å²) >= 11 is 0. The number of ether oxygens (including phenoxy) is 2. The Labute approximate surface area is 114 Å². The molecule has 2 atom stereocenters. The van der Waals surface area contributed by atoms with Gasteiger partial charge in [-0.1, -0.05) is 0 Å². The molecule has 1 unspecified atom stereocenters. The minimum atomic E-state index is -0.520. The highest BCUT2D eigenvalue weighted by molar-refractivity contribution is 5.89. The van der Waals surface area contributed by atoms with Crippen molar-refractivity contribution in [2.24, 2.45) is 5.73 Å². The van der Waals surface area contributed by atoms with Gasteiger partial charge in [0.05, 0.1) is 13.1 Å². The Morgan fingerprint density at radius 2 is 2.35 bits per heavy atom. The average molecular weight is 278 g/mol. The summed E-state index contributed by atoms with van der Waals surface area (Å²) in [5.41, 5.74) is 5.49. The fourth-order valence-corrected chi connectivity index (χ4v) is 2.12. The number of amides is 1. The number of nitrogens with one attached hydrogen (secondary N) is 1. The monoisotopic (exact) mass is 278 g/mol. The van der Waals surface area contributed by atoms with Gasteiger partial charge in [-0.2, -0.15) is 0 Å². The van der Waals surface area contributed by atoms with E-state index in [9.17, 15) is 9.59 Å². The molecule has 1 aromatic heterocycles. The number of anilines is 2. The fraction of sp³-hybridized carbons (Fsp3) is 0.417. The topological polar surface area (TPSA) is 107 Å². The summed E-state index contributed by atoms with van der Waals surface area (Å²) in [6.45, 7) is 0.997. The maximum absolute atomic E-state index is 11.7. The van der Waals surface area contributed by atoms with Crippen LogP contribution in [0.1, 0.15) is 0 Å². The first-order valence-corrected chi connectivity index (χ1v) is 6.26. The molecule has 8 heteroatoms. The van der Waals surface area contributed by atoms with Crippen LogP contribution in [0.3, 0.4) is 0 Å². The molecule has 0 aliphatic carbocycles. The molecular weight excluding hydrogens is 264 g/mol. The number of aldehydes is 1. The van der Waals surface area contributed by atoms with Crippen molar-refractivity contribution in [3.63, 3.8) is 0 Å². The molecule has 1 amide bonds. The van der Waals surface area contributed by atoms with Crippen LogP contribution < -0.4 is 20.7 Å². The largest absolute Gasteiger partial charge is 0.477 e. The van der Waals surface area contributed by atoms with Gasteiger partial charge >= 0.3 is 6.09 Å². The molecule has 0 spiro atoms. The average Bonchev–Trinajstić information content (AvgIpc) is 2.87. The third kappa shape index (κ3) is 2.14. The third-order valence-corrected chi connectivity index (χ3v) is 3.16. The highest BCUT2D eigenvalue weighted by atomic mass is 16.6. The lowest BCUT2D eigenvalue weighted by Crippen LogP contribution is -2.33. The van der Waals surface area contributed by atoms with Crippen LogP contribution in [0.25, 0.3) is 0 Å². The summed E-state index contributed by atoms with van der Waals surface area (Å²) in [6, 6.07) is 3.32. The number of pyridine rings is 1. The first-order valence-electron chi connectivity index (χ1n) is 6.26. The minimum absolute atomic E-state index is 0.273. The Morgan fingerprint density at radius 3 is 3.05 bits per heavy atom. The number of aromatic nitrogens is 1. The summed E-state index contributed by atoms with van der Waals surface area (Å²) in [5.74, 6) is 1.45. The predicted molar refractivity (Wildman–Crippen MR) is 69.9 cm³/mol. The van der Waals surface area contributed by atoms with E-state index >= 15 is 0 Å². The van der Waals surface area contributed by atoms with Gasteiger partial charge in [0.1, 0.15) is 11.9 Å². The van der Waals surface area contributed by atoms with Crippen LogP contribution >= 0.6 is 0 Å². The van der Waals surface area contributed by atoms with E-state index in [1.807, 2.05) is 0 Å². The lowest BCUT2D eigenvalue weighted by atomic mass is 10.3. The number of rotatable bonds is 3. The van der Waals surface area contributed by atoms with Crippen molar-refractivity contribution >= 4 is 24.0 Å². The van der Waals surface area contributed by atoms with Crippen LogP contribution in [0.5, 0.6) is 5.75 Å². The van der Waals surface area contributed by atoms with Crippen molar-refractivity contribution in [2.45, 2.75) is 12.2 Å². The van der Waals surface area contributed by atoms with Crippen molar-refractivity contribution in [1.82, 2.24) is 4.98 Å². The normalized spacial score (nSPS) is 24.4. The second-order valence-electron chi connectivity index (χ2n) is 4.54. The van der Waals surface area contributed by atoms with Crippen molar-refractivity contribution < 1.29 is 19.1 Å². The standard InChI is InChI=1S/C12H14N4O4/c13-3-7-5-16(12(18)20-7)10-2-1-9-11(15-10)14-4-8(6-17)19-9/h1-2,6-8H,3-5,13H2,(H,14,15)/t7-,8?/m0/s1. The summed E-state index contributed by atoms with van der Waals surface area (Å²) in [4.78, 5) is 28.1. The summed E-state index contributed by atoms with van der Waals surface area (Å²) < 4.78 is 10.5. The van der Waals surface area contributed by atoms with Gasteiger partial charge in [0.15, 0.2) is 24.0 Å². The molecule has 8 nitrogen and oxygen atoms in total. The zero-order valence-corrected chi connectivity index (χ0v) is 10.6. The van der Waals surface area contributed by atoms with E-state index in [-0.39, 0.29) is 12.6 Å². The van der Waals surface area contributed by atoms with Crippen molar-refractivity contribution in [3.8, 4) is 5.75 Å². The quantitative estimate of drug-likeness (QED) is 0.733. The van der Waals surface area contributed by atoms with Gasteiger partial charge < -0.3 is 20.5 Å². The van der Waals surface area contributed by atoms with E-state index in [1.54, 1.807) is 12.1 Å². The van der Waals surface area contributed by atoms with Gasteiger partial charge in [-0.15, -0.1) is 0 Å². The summed E-state index contributed by atoms with van der Waals surface area (Å²) in [6.07, 6.45) is -0.569. The first kappa shape index (κ1) is 12.7. The van der Waals surface area contributed by atoms with Crippen molar-refractivity contribution in [2.75, 3.05) is 29.9 Å². The molecule has 1 fully saturated rings. The van der Waals surface area contributed by atoms with Crippen LogP contribution in [0.15, 0.2) is 12.1 Å². The van der Waals surface area contributed by atoms with E-state index in [4.69, 9.17) is 15.2 Å². The Morgan fingerprint density at radius 1 is 1.50 bits per heavy atom. The lowest BCUT2D eigenvalue weighted by Gasteiger charge is -2.24. The molecule has 106 valence electrons. The Balaban J connectivity index is 1.83. The van der Waals surface area contributed by atoms with Gasteiger partial charge in [0.2, 0.25) is 0 Å². The Kier molecular flexibility index (Phi) is 3.15. The zero-order chi connectivity index (χ0) is 14.1. The molecule has 20 heavy (non-hydrogen) atoms. The van der Waals surface area contributed by atoms with Gasteiger partial charge in [-0.05, 0) is 12.1 Å². The number of hydrogen-bond donors (Lipinski definition) is 2. The highest BCUT2D eigenvalue weighted by Crippen LogP contribution is 2.30. The predicted octanol–water partition coefficient (Wildman–Crippen LogP) is -0.263. The van der Waals surface area contributed by atoms with Gasteiger partial charge in [0.25, 0.3) is 0 Å². The molecular formula is C12H14N4O4. The number of carbonyl (C=O) groups is 2. The summed E-state index contributed by atoms with van der Waals surface area (Å²) in [7, 11) is 0. The molecule has 2 aliphatic heterocycles. The summed E-state index contributed by atoms with van der Waals surface area (Å²) in [5, 5.41) is 3.00. The molecule has 3 rings (SSSR count). The number of nitrogens with zero attached hydrogens (tertiary/aromatic N) is 2. The van der Waals surface area contributed by atoms with Gasteiger partial charge in [0, 0.05) is 6.54 Å². The SMILES string of the molecule is NC[C@H]1CN(c2ccc3c(n2)NCC(C=O)O3)C(=O)O1. The molecule has 2 aliphatic rings. The van der Waals surface area contributed by atoms with Crippen LogP contribution in [0, 0.1) is 0 Å². The molecule has 0 radical (unpaired) electrons. The smallest absolute Gasteiger partial charge is 0.416 e. The molecule has 3 heterocycles. The molecule has 0 saturated carbocycles. The van der Waals surface area contributed by atoms with Crippen LogP contribution in [0.2, 0.25) is 0 Å². The number of hydrogen-bond acceptors (Lipinski definition) is 7. The number of fused-ring (bicyclic) bond motifs is 1. The van der Waals surface area contributed by atoms with E-state index in [0.29, 0.717) is 30.5 Å². The number of nitrogens with two attached hydrogens (primary N) is 1. The van der Waals surface area contributed by atoms with Gasteiger partial charge in [-0.25, -0.2) is 9.78 Å². The van der Waals surface area contributed by atoms with E-state index < -0.39 is 12.2 Å². The van der Waals surface area contributed by atoms with Crippen molar-refractivity contribution in [1.29, 1.82) is 0 Å². The van der Waals surface area contributed by atoms with Crippen LogP contribution in [-0.2, 0) is 9.53 Å². The Bertz CT molecular complexity index is 550. The van der Waals surface area contributed by atoms with Crippen LogP contribution in [-0.4, -0.2) is 49.2 Å². The second-order valence-corrected chi connectivity index (χ2v) is 4.54.